The van der Waals surface area contributed by atoms with Crippen molar-refractivity contribution in [3.8, 4) is 0 Å². The first-order valence-electron chi connectivity index (χ1n) is 7.80. The molecule has 2 saturated heterocycles. The summed E-state index contributed by atoms with van der Waals surface area (Å²) in [5.41, 5.74) is 3.71. The smallest absolute Gasteiger partial charge is 0.234 e. The highest BCUT2D eigenvalue weighted by Crippen LogP contribution is 2.31. The summed E-state index contributed by atoms with van der Waals surface area (Å²) in [6.07, 6.45) is 3.42. The lowest BCUT2D eigenvalue weighted by Gasteiger charge is -2.26. The number of carbonyl (C=O) groups is 2. The molecular formula is C17H22N2O2. The van der Waals surface area contributed by atoms with Crippen LogP contribution in [0.5, 0.6) is 0 Å². The Labute approximate surface area is 125 Å². The molecule has 2 N–H and O–H groups in total. The number of rotatable bonds is 2. The van der Waals surface area contributed by atoms with Gasteiger partial charge in [0.25, 0.3) is 0 Å². The van der Waals surface area contributed by atoms with Crippen LogP contribution in [0.4, 0.5) is 0 Å². The fourth-order valence-corrected chi connectivity index (χ4v) is 3.52. The van der Waals surface area contributed by atoms with Crippen LogP contribution in [0, 0.1) is 6.92 Å². The van der Waals surface area contributed by atoms with Crippen molar-refractivity contribution in [3.05, 3.63) is 34.9 Å². The van der Waals surface area contributed by atoms with Gasteiger partial charge in [-0.15, -0.1) is 0 Å². The minimum atomic E-state index is -0.177. The topological polar surface area (TPSA) is 58.2 Å². The first-order valence-corrected chi connectivity index (χ1v) is 7.80. The van der Waals surface area contributed by atoms with E-state index in [4.69, 9.17) is 0 Å². The van der Waals surface area contributed by atoms with Crippen LogP contribution >= 0.6 is 0 Å². The molecule has 0 radical (unpaired) electrons. The normalized spacial score (nSPS) is 24.0. The minimum absolute atomic E-state index is 0.153. The molecule has 0 saturated carbocycles. The van der Waals surface area contributed by atoms with Crippen molar-refractivity contribution in [2.75, 3.05) is 13.1 Å². The fourth-order valence-electron chi connectivity index (χ4n) is 3.52. The van der Waals surface area contributed by atoms with E-state index in [0.717, 1.165) is 18.7 Å². The first kappa shape index (κ1) is 14.3. The number of benzene rings is 1. The summed E-state index contributed by atoms with van der Waals surface area (Å²) in [6.45, 7) is 4.30. The zero-order valence-corrected chi connectivity index (χ0v) is 12.4. The van der Waals surface area contributed by atoms with E-state index in [1.165, 1.54) is 24.0 Å². The van der Waals surface area contributed by atoms with Crippen molar-refractivity contribution in [2.45, 2.75) is 44.4 Å². The predicted molar refractivity (Wildman–Crippen MR) is 81.1 cm³/mol. The monoisotopic (exact) mass is 286 g/mol. The SMILES string of the molecule is Cc1cc(C2CCC(=O)NC2=O)ccc1C1CCNCC1. The van der Waals surface area contributed by atoms with Crippen molar-refractivity contribution in [2.24, 2.45) is 0 Å². The lowest BCUT2D eigenvalue weighted by Crippen LogP contribution is -2.39. The molecule has 4 heteroatoms. The predicted octanol–water partition coefficient (Wildman–Crippen LogP) is 1.98. The number of amides is 2. The van der Waals surface area contributed by atoms with Gasteiger partial charge in [0.2, 0.25) is 11.8 Å². The van der Waals surface area contributed by atoms with Gasteiger partial charge in [0.15, 0.2) is 0 Å². The molecule has 4 nitrogen and oxygen atoms in total. The summed E-state index contributed by atoms with van der Waals surface area (Å²) in [5.74, 6) is 0.144. The quantitative estimate of drug-likeness (QED) is 0.817. The highest BCUT2D eigenvalue weighted by Gasteiger charge is 2.28. The molecule has 0 aliphatic carbocycles. The number of piperidine rings is 2. The van der Waals surface area contributed by atoms with Crippen LogP contribution in [-0.2, 0) is 9.59 Å². The van der Waals surface area contributed by atoms with Gasteiger partial charge >= 0.3 is 0 Å². The zero-order chi connectivity index (χ0) is 14.8. The summed E-state index contributed by atoms with van der Waals surface area (Å²) in [7, 11) is 0. The lowest BCUT2D eigenvalue weighted by atomic mass is 9.84. The van der Waals surface area contributed by atoms with Gasteiger partial charge in [0.1, 0.15) is 0 Å². The molecule has 2 heterocycles. The molecule has 0 bridgehead atoms. The molecule has 0 aromatic heterocycles. The maximum Gasteiger partial charge on any atom is 0.234 e. The van der Waals surface area contributed by atoms with Gasteiger partial charge in [-0.25, -0.2) is 0 Å². The number of aryl methyl sites for hydroxylation is 1. The van der Waals surface area contributed by atoms with Crippen molar-refractivity contribution in [3.63, 3.8) is 0 Å². The Balaban J connectivity index is 1.80. The van der Waals surface area contributed by atoms with Gasteiger partial charge in [-0.2, -0.15) is 0 Å². The van der Waals surface area contributed by atoms with Crippen molar-refractivity contribution in [1.82, 2.24) is 10.6 Å². The molecule has 2 aliphatic rings. The Kier molecular flexibility index (Phi) is 4.06. The van der Waals surface area contributed by atoms with Gasteiger partial charge in [-0.3, -0.25) is 14.9 Å². The molecule has 1 atom stereocenters. The van der Waals surface area contributed by atoms with E-state index in [1.807, 2.05) is 0 Å². The largest absolute Gasteiger partial charge is 0.317 e. The highest BCUT2D eigenvalue weighted by atomic mass is 16.2. The van der Waals surface area contributed by atoms with Gasteiger partial charge < -0.3 is 5.32 Å². The van der Waals surface area contributed by atoms with Crippen LogP contribution in [0.1, 0.15) is 54.2 Å². The average Bonchev–Trinajstić information content (AvgIpc) is 2.48. The minimum Gasteiger partial charge on any atom is -0.317 e. The van der Waals surface area contributed by atoms with Crippen LogP contribution in [-0.4, -0.2) is 24.9 Å². The molecule has 21 heavy (non-hydrogen) atoms. The third kappa shape index (κ3) is 3.00. The second kappa shape index (κ2) is 5.98. The summed E-state index contributed by atoms with van der Waals surface area (Å²) < 4.78 is 0. The zero-order valence-electron chi connectivity index (χ0n) is 12.4. The Bertz CT molecular complexity index is 562. The summed E-state index contributed by atoms with van der Waals surface area (Å²) >= 11 is 0. The van der Waals surface area contributed by atoms with Crippen LogP contribution in [0.25, 0.3) is 0 Å². The summed E-state index contributed by atoms with van der Waals surface area (Å²) in [4.78, 5) is 23.2. The Morgan fingerprint density at radius 2 is 1.86 bits per heavy atom. The van der Waals surface area contributed by atoms with Gasteiger partial charge in [0, 0.05) is 6.42 Å². The fraction of sp³-hybridized carbons (Fsp3) is 0.529. The van der Waals surface area contributed by atoms with Crippen LogP contribution < -0.4 is 10.6 Å². The second-order valence-corrected chi connectivity index (χ2v) is 6.14. The van der Waals surface area contributed by atoms with Gasteiger partial charge in [0.05, 0.1) is 5.92 Å². The van der Waals surface area contributed by atoms with Crippen LogP contribution in [0.2, 0.25) is 0 Å². The molecule has 2 amide bonds. The Morgan fingerprint density at radius 1 is 1.10 bits per heavy atom. The first-order chi connectivity index (χ1) is 10.1. The highest BCUT2D eigenvalue weighted by molar-refractivity contribution is 6.00. The number of carbonyl (C=O) groups excluding carboxylic acids is 2. The molecule has 1 aromatic carbocycles. The molecular weight excluding hydrogens is 264 g/mol. The van der Waals surface area contributed by atoms with Crippen molar-refractivity contribution in [1.29, 1.82) is 0 Å². The van der Waals surface area contributed by atoms with E-state index < -0.39 is 0 Å². The third-order valence-corrected chi connectivity index (χ3v) is 4.71. The van der Waals surface area contributed by atoms with E-state index in [0.29, 0.717) is 18.8 Å². The van der Waals surface area contributed by atoms with E-state index in [1.54, 1.807) is 0 Å². The van der Waals surface area contributed by atoms with Gasteiger partial charge in [-0.05, 0) is 61.9 Å². The summed E-state index contributed by atoms with van der Waals surface area (Å²) in [5, 5.41) is 5.83. The molecule has 2 aliphatic heterocycles. The molecule has 1 aromatic rings. The Hall–Kier alpha value is -1.68. The maximum atomic E-state index is 12.0. The average molecular weight is 286 g/mol. The van der Waals surface area contributed by atoms with E-state index >= 15 is 0 Å². The maximum absolute atomic E-state index is 12.0. The number of imide groups is 1. The molecule has 2 fully saturated rings. The number of nitrogens with one attached hydrogen (secondary N) is 2. The van der Waals surface area contributed by atoms with Crippen molar-refractivity contribution >= 4 is 11.8 Å². The number of hydrogen-bond acceptors (Lipinski definition) is 3. The molecule has 112 valence electrons. The number of hydrogen-bond donors (Lipinski definition) is 2. The van der Waals surface area contributed by atoms with Crippen LogP contribution in [0.3, 0.4) is 0 Å². The van der Waals surface area contributed by atoms with Gasteiger partial charge in [-0.1, -0.05) is 18.2 Å². The molecule has 3 rings (SSSR count). The molecule has 0 spiro atoms. The third-order valence-electron chi connectivity index (χ3n) is 4.71. The van der Waals surface area contributed by atoms with E-state index in [-0.39, 0.29) is 17.7 Å². The van der Waals surface area contributed by atoms with Crippen LogP contribution in [0.15, 0.2) is 18.2 Å². The van der Waals surface area contributed by atoms with E-state index in [9.17, 15) is 9.59 Å². The molecule has 1 unspecified atom stereocenters. The van der Waals surface area contributed by atoms with Crippen molar-refractivity contribution < 1.29 is 9.59 Å². The lowest BCUT2D eigenvalue weighted by molar-refractivity contribution is -0.134. The summed E-state index contributed by atoms with van der Waals surface area (Å²) in [6, 6.07) is 6.40. The van der Waals surface area contributed by atoms with E-state index in [2.05, 4.69) is 35.8 Å². The Morgan fingerprint density at radius 3 is 2.52 bits per heavy atom. The second-order valence-electron chi connectivity index (χ2n) is 6.14. The standard InChI is InChI=1S/C17H22N2O2/c1-11-10-13(15-4-5-16(20)19-17(15)21)2-3-14(11)12-6-8-18-9-7-12/h2-3,10,12,15,18H,4-9H2,1H3,(H,19,20,21).